The van der Waals surface area contributed by atoms with Crippen LogP contribution in [0, 0.1) is 46.9 Å². The van der Waals surface area contributed by atoms with Crippen LogP contribution in [-0.4, -0.2) is 23.1 Å². The van der Waals surface area contributed by atoms with E-state index in [0.717, 1.165) is 81.9 Å². The van der Waals surface area contributed by atoms with E-state index in [9.17, 15) is 89.4 Å². The lowest BCUT2D eigenvalue weighted by Crippen LogP contribution is -2.12. The van der Waals surface area contributed by atoms with Gasteiger partial charge in [0.2, 0.25) is 0 Å². The summed E-state index contributed by atoms with van der Waals surface area (Å²) >= 11 is 5.82. The first-order valence-corrected chi connectivity index (χ1v) is 41.0. The normalized spacial score (nSPS) is 12.8. The predicted molar refractivity (Wildman–Crippen MR) is 466 cm³/mol. The summed E-state index contributed by atoms with van der Waals surface area (Å²) in [5.41, 5.74) is 10.3. The Labute approximate surface area is 723 Å². The second kappa shape index (κ2) is 42.0. The van der Waals surface area contributed by atoms with Crippen molar-refractivity contribution in [2.24, 2.45) is 23.7 Å². The van der Waals surface area contributed by atoms with Crippen LogP contribution in [0.15, 0.2) is 261 Å². The highest BCUT2D eigenvalue weighted by Crippen LogP contribution is 2.43. The largest absolute Gasteiger partial charge is 0.416 e. The van der Waals surface area contributed by atoms with Crippen LogP contribution in [0.3, 0.4) is 0 Å². The van der Waals surface area contributed by atoms with Crippen LogP contribution in [0.2, 0.25) is 5.02 Å². The monoisotopic (exact) mass is 1750 g/mol. The van der Waals surface area contributed by atoms with Crippen molar-refractivity contribution in [3.8, 4) is 89.0 Å². The molecule has 654 valence electrons. The Balaban J connectivity index is 0.000000189. The predicted octanol–water partition coefficient (Wildman–Crippen LogP) is 32.2. The molecule has 12 aromatic carbocycles. The van der Waals surface area contributed by atoms with Crippen LogP contribution < -0.4 is 0 Å². The van der Waals surface area contributed by atoms with Gasteiger partial charge in [0.1, 0.15) is 46.4 Å². The van der Waals surface area contributed by atoms with E-state index in [-0.39, 0.29) is 87.1 Å². The van der Waals surface area contributed by atoms with Gasteiger partial charge in [0, 0.05) is 29.2 Å². The van der Waals surface area contributed by atoms with Crippen molar-refractivity contribution < 1.29 is 89.4 Å². The fraction of sp³-hybridized carbons (Fsp3) is 0.269. The molecule has 125 heavy (non-hydrogen) atoms. The molecule has 0 bridgehead atoms. The van der Waals surface area contributed by atoms with Gasteiger partial charge in [-0.1, -0.05) is 213 Å². The molecule has 0 aromatic heterocycles. The second-order valence-electron chi connectivity index (χ2n) is 33.0. The van der Waals surface area contributed by atoms with Gasteiger partial charge in [-0.15, -0.1) is 0 Å². The van der Waals surface area contributed by atoms with E-state index in [4.69, 9.17) is 11.6 Å². The molecule has 0 heterocycles. The van der Waals surface area contributed by atoms with Crippen molar-refractivity contribution in [1.29, 1.82) is 0 Å². The zero-order chi connectivity index (χ0) is 91.9. The molecule has 0 fully saturated rings. The van der Waals surface area contributed by atoms with E-state index < -0.39 is 58.6 Å². The first kappa shape index (κ1) is 97.3. The maximum Gasteiger partial charge on any atom is 0.416 e. The van der Waals surface area contributed by atoms with Gasteiger partial charge in [0.25, 0.3) is 0 Å². The number of Topliss-reactive ketones (excluding diaryl/α,β-unsaturated/α-hetero) is 4. The van der Waals surface area contributed by atoms with Gasteiger partial charge in [-0.2, -0.15) is 52.7 Å². The third kappa shape index (κ3) is 27.2. The third-order valence-corrected chi connectivity index (χ3v) is 21.5. The van der Waals surface area contributed by atoms with Crippen molar-refractivity contribution in [2.45, 2.75) is 157 Å². The van der Waals surface area contributed by atoms with Gasteiger partial charge >= 0.3 is 24.7 Å². The van der Waals surface area contributed by atoms with Crippen molar-refractivity contribution in [3.05, 3.63) is 334 Å². The Bertz CT molecular complexity index is 5710. The number of hydrogen-bond donors (Lipinski definition) is 0. The molecule has 0 aliphatic carbocycles. The van der Waals surface area contributed by atoms with Crippen LogP contribution >= 0.6 is 11.6 Å². The molecule has 12 rings (SSSR count). The molecule has 0 saturated heterocycles. The molecule has 0 saturated carbocycles. The van der Waals surface area contributed by atoms with Gasteiger partial charge in [-0.3, -0.25) is 19.2 Å². The average molecular weight is 1750 g/mol. The Hall–Kier alpha value is -11.5. The molecule has 0 aliphatic heterocycles. The summed E-state index contributed by atoms with van der Waals surface area (Å²) in [5, 5.41) is -0.00529. The summed E-state index contributed by atoms with van der Waals surface area (Å²) in [6.45, 7) is 22.4. The van der Waals surface area contributed by atoms with Crippen molar-refractivity contribution >= 4 is 34.7 Å². The highest BCUT2D eigenvalue weighted by atomic mass is 35.5. The molecular weight excluding hydrogens is 1650 g/mol. The summed E-state index contributed by atoms with van der Waals surface area (Å²) in [6.07, 6.45) is -15.1. The summed E-state index contributed by atoms with van der Waals surface area (Å²) in [7, 11) is 0. The van der Waals surface area contributed by atoms with Crippen molar-refractivity contribution in [1.82, 2.24) is 0 Å². The molecule has 4 atom stereocenters. The zero-order valence-electron chi connectivity index (χ0n) is 70.8. The Morgan fingerprint density at radius 1 is 0.248 bits per heavy atom. The minimum atomic E-state index is -4.43. The van der Waals surface area contributed by atoms with Gasteiger partial charge in [0.15, 0.2) is 0 Å². The molecule has 0 amide bonds. The van der Waals surface area contributed by atoms with Crippen LogP contribution in [0.25, 0.3) is 89.0 Å². The SMILES string of the molecule is CC(=O)C(CC(C)C)c1cc(-c2ccc(C(F)(F)F)cc2)cc(-c2ccc(Cl)c(F)c2)c1.CC(=O)C(CC(C)C)c1cc(-c2ccc(C(F)(F)F)cc2)cc(-c2cccc(F)c2)c1.CC(=O)C(CC(C)C)c1cc(-c2ccc(C(F)(F)F)cc2)cc(-c2ccccc2F)c1.CC(=O)C(CC(C)C)c1cc(-c2ccc(F)cc2)cc(-c2ccc(C(F)(F)F)cc2)c1. The number of halogens is 17. The summed E-state index contributed by atoms with van der Waals surface area (Å²) in [5.74, 6) is -2.00. The van der Waals surface area contributed by atoms with Crippen LogP contribution in [0.5, 0.6) is 0 Å². The number of carbonyl (C=O) groups excluding carboxylic acids is 4. The van der Waals surface area contributed by atoms with E-state index in [1.807, 2.05) is 110 Å². The maximum atomic E-state index is 14.5. The molecule has 4 unspecified atom stereocenters. The van der Waals surface area contributed by atoms with E-state index in [1.165, 1.54) is 105 Å². The Morgan fingerprint density at radius 3 is 0.752 bits per heavy atom. The smallest absolute Gasteiger partial charge is 0.299 e. The first-order chi connectivity index (χ1) is 58.6. The van der Waals surface area contributed by atoms with Crippen molar-refractivity contribution in [3.63, 3.8) is 0 Å². The Kier molecular flexibility index (Phi) is 32.7. The van der Waals surface area contributed by atoms with Gasteiger partial charge in [-0.05, 0) is 298 Å². The topological polar surface area (TPSA) is 68.3 Å². The first-order valence-electron chi connectivity index (χ1n) is 40.6. The zero-order valence-corrected chi connectivity index (χ0v) is 71.6. The molecule has 0 aliphatic rings. The molecular formula is C104H95ClF16O4. The van der Waals surface area contributed by atoms with Gasteiger partial charge < -0.3 is 0 Å². The van der Waals surface area contributed by atoms with Crippen LogP contribution in [0.4, 0.5) is 70.2 Å². The summed E-state index contributed by atoms with van der Waals surface area (Å²) < 4.78 is 211. The lowest BCUT2D eigenvalue weighted by Gasteiger charge is -2.19. The molecule has 12 aromatic rings. The van der Waals surface area contributed by atoms with E-state index in [0.29, 0.717) is 104 Å². The van der Waals surface area contributed by atoms with Crippen LogP contribution in [0.1, 0.15) is 177 Å². The van der Waals surface area contributed by atoms with Crippen molar-refractivity contribution in [2.75, 3.05) is 0 Å². The fourth-order valence-electron chi connectivity index (χ4n) is 14.9. The molecule has 21 heteroatoms. The third-order valence-electron chi connectivity index (χ3n) is 21.2. The Morgan fingerprint density at radius 2 is 0.496 bits per heavy atom. The van der Waals surface area contributed by atoms with E-state index >= 15 is 0 Å². The summed E-state index contributed by atoms with van der Waals surface area (Å²) in [4.78, 5) is 49.6. The lowest BCUT2D eigenvalue weighted by atomic mass is 9.84. The number of hydrogen-bond acceptors (Lipinski definition) is 4. The number of carbonyl (C=O) groups is 4. The summed E-state index contributed by atoms with van der Waals surface area (Å²) in [6, 6.07) is 64.5. The van der Waals surface area contributed by atoms with Gasteiger partial charge in [-0.25, -0.2) is 17.6 Å². The lowest BCUT2D eigenvalue weighted by molar-refractivity contribution is -0.138. The number of ketones is 4. The maximum absolute atomic E-state index is 14.5. The molecule has 0 radical (unpaired) electrons. The van der Waals surface area contributed by atoms with Crippen LogP contribution in [-0.2, 0) is 43.9 Å². The second-order valence-corrected chi connectivity index (χ2v) is 33.4. The number of alkyl halides is 12. The fourth-order valence-corrected chi connectivity index (χ4v) is 15.0. The molecule has 4 nitrogen and oxygen atoms in total. The minimum absolute atomic E-state index is 0.00208. The van der Waals surface area contributed by atoms with E-state index in [2.05, 4.69) is 0 Å². The number of rotatable bonds is 24. The van der Waals surface area contributed by atoms with Gasteiger partial charge in [0.05, 0.1) is 27.3 Å². The molecule has 0 N–H and O–H groups in total. The highest BCUT2D eigenvalue weighted by Gasteiger charge is 2.35. The minimum Gasteiger partial charge on any atom is -0.299 e. The molecule has 0 spiro atoms. The van der Waals surface area contributed by atoms with E-state index in [1.54, 1.807) is 80.6 Å². The highest BCUT2D eigenvalue weighted by molar-refractivity contribution is 6.30. The standard InChI is InChI=1S/C26H23ClF4O.3C26H24F4O/c1-15(2)10-23(16(3)32)21-12-19(17-4-7-22(8-5-17)26(29,30)31)11-20(13-21)18-6-9-24(27)25(28)14-18;1-16(2)12-25(17(3)31)22-14-20(18-4-8-23(9-5-18)26(28,29)30)13-21(15-22)19-6-10-24(27)11-7-19;1-16(2)11-25(17(3)31)22-13-20(18-7-9-23(10-8-18)26(28,29)30)12-21(14-22)19-5-4-6-24(27)15-19;1-16(2)12-24(17(3)31)21-14-19(18-8-10-22(11-9-18)26(28,29)30)13-20(15-21)23-6-4-5-7-25(23)27/h4-9,11-15,23H,10H2,1-3H3;4-11,13-16,25H,12H2,1-3H3;4-10,12-16,25H,11H2,1-3H3;4-11,13-16,24H,12H2,1-3H3. The quantitative estimate of drug-likeness (QED) is 0.0566. The number of benzene rings is 12. The average Bonchev–Trinajstić information content (AvgIpc) is 0.760.